The quantitative estimate of drug-likeness (QED) is 0.180. The predicted molar refractivity (Wildman–Crippen MR) is 223 cm³/mol. The van der Waals surface area contributed by atoms with Crippen LogP contribution in [0.2, 0.25) is 0 Å². The van der Waals surface area contributed by atoms with E-state index in [1.807, 2.05) is 19.9 Å². The number of aryl methyl sites for hydroxylation is 2. The molecule has 0 saturated heterocycles. The molecule has 0 aliphatic rings. The summed E-state index contributed by atoms with van der Waals surface area (Å²) in [6.07, 6.45) is 0. The normalized spacial score (nSPS) is 11.5. The van der Waals surface area contributed by atoms with Crippen LogP contribution in [0.15, 0.2) is 170 Å². The fraction of sp³-hybridized carbons (Fsp3) is 0.0400. The Balaban J connectivity index is 1.32. The number of pyridine rings is 1. The van der Waals surface area contributed by atoms with Crippen LogP contribution in [0.3, 0.4) is 0 Å². The molecule has 0 saturated carbocycles. The largest absolute Gasteiger partial charge is 0.309 e. The molecule has 254 valence electrons. The summed E-state index contributed by atoms with van der Waals surface area (Å²) in [5.74, 6) is 0. The van der Waals surface area contributed by atoms with E-state index in [1.54, 1.807) is 0 Å². The molecule has 3 heterocycles. The fourth-order valence-corrected chi connectivity index (χ4v) is 8.34. The standard InChI is InChI=1S/C50H34N4/c1-32-25-38(26-33(2)52-32)44-30-47(53-45-19-11-9-17-40(45)42-23-21-36(27-48(42)53)34-13-5-3-6-14-34)39(31-51)29-50(44)54-46-20-12-10-18-41(46)43-24-22-37(28-49(43)54)35-15-7-4-8-16-35/h3-30H,1-2H3. The van der Waals surface area contributed by atoms with Gasteiger partial charge in [-0.05, 0) is 90.2 Å². The Morgan fingerprint density at radius 1 is 0.407 bits per heavy atom. The molecule has 0 radical (unpaired) electrons. The first-order chi connectivity index (χ1) is 26.6. The number of hydrogen-bond acceptors (Lipinski definition) is 2. The van der Waals surface area contributed by atoms with Gasteiger partial charge in [0.2, 0.25) is 0 Å². The molecule has 54 heavy (non-hydrogen) atoms. The monoisotopic (exact) mass is 690 g/mol. The maximum Gasteiger partial charge on any atom is 0.101 e. The zero-order valence-electron chi connectivity index (χ0n) is 30.0. The first-order valence-corrected chi connectivity index (χ1v) is 18.3. The topological polar surface area (TPSA) is 46.5 Å². The van der Waals surface area contributed by atoms with Crippen LogP contribution in [-0.4, -0.2) is 14.1 Å². The predicted octanol–water partition coefficient (Wildman–Crippen LogP) is 12.8. The second-order valence-electron chi connectivity index (χ2n) is 14.0. The van der Waals surface area contributed by atoms with Crippen LogP contribution >= 0.6 is 0 Å². The number of aromatic nitrogens is 3. The van der Waals surface area contributed by atoms with E-state index >= 15 is 0 Å². The summed E-state index contributed by atoms with van der Waals surface area (Å²) in [5, 5.41) is 15.7. The second-order valence-corrected chi connectivity index (χ2v) is 14.0. The lowest BCUT2D eigenvalue weighted by atomic mass is 9.98. The van der Waals surface area contributed by atoms with Gasteiger partial charge in [0.15, 0.2) is 0 Å². The number of hydrogen-bond donors (Lipinski definition) is 0. The molecule has 0 aliphatic carbocycles. The average molecular weight is 691 g/mol. The maximum atomic E-state index is 11.1. The van der Waals surface area contributed by atoms with Crippen LogP contribution in [-0.2, 0) is 0 Å². The minimum atomic E-state index is 0.592. The van der Waals surface area contributed by atoms with Gasteiger partial charge in [0.25, 0.3) is 0 Å². The number of fused-ring (bicyclic) bond motifs is 6. The Bertz CT molecular complexity index is 3100. The Kier molecular flexibility index (Phi) is 7.28. The Morgan fingerprint density at radius 2 is 0.870 bits per heavy atom. The lowest BCUT2D eigenvalue weighted by Gasteiger charge is -2.19. The van der Waals surface area contributed by atoms with Crippen molar-refractivity contribution in [2.24, 2.45) is 0 Å². The second kappa shape index (κ2) is 12.5. The molecule has 4 heteroatoms. The highest BCUT2D eigenvalue weighted by atomic mass is 15.0. The lowest BCUT2D eigenvalue weighted by Crippen LogP contribution is -2.04. The molecule has 0 unspecified atom stereocenters. The summed E-state index contributed by atoms with van der Waals surface area (Å²) >= 11 is 0. The van der Waals surface area contributed by atoms with Gasteiger partial charge < -0.3 is 9.13 Å². The SMILES string of the molecule is Cc1cc(-c2cc(-n3c4ccccc4c4ccc(-c5ccccc5)cc43)c(C#N)cc2-n2c3ccccc3c3ccc(-c4ccccc4)cc32)cc(C)n1. The zero-order valence-corrected chi connectivity index (χ0v) is 30.0. The van der Waals surface area contributed by atoms with Crippen LogP contribution in [0.4, 0.5) is 0 Å². The van der Waals surface area contributed by atoms with Crippen LogP contribution in [0.25, 0.3) is 88.4 Å². The van der Waals surface area contributed by atoms with Gasteiger partial charge in [0, 0.05) is 38.5 Å². The third kappa shape index (κ3) is 5.02. The van der Waals surface area contributed by atoms with E-state index in [4.69, 9.17) is 4.98 Å². The van der Waals surface area contributed by atoms with Gasteiger partial charge in [0.05, 0.1) is 39.0 Å². The van der Waals surface area contributed by atoms with Gasteiger partial charge in [0.1, 0.15) is 6.07 Å². The van der Waals surface area contributed by atoms with E-state index in [9.17, 15) is 5.26 Å². The first-order valence-electron chi connectivity index (χ1n) is 18.3. The molecule has 7 aromatic carbocycles. The van der Waals surface area contributed by atoms with Gasteiger partial charge in [-0.25, -0.2) is 0 Å². The van der Waals surface area contributed by atoms with E-state index < -0.39 is 0 Å². The summed E-state index contributed by atoms with van der Waals surface area (Å²) in [6, 6.07) is 62.8. The summed E-state index contributed by atoms with van der Waals surface area (Å²) in [6.45, 7) is 4.09. The Morgan fingerprint density at radius 3 is 1.39 bits per heavy atom. The Labute approximate surface area is 313 Å². The average Bonchev–Trinajstić information content (AvgIpc) is 3.72. The van der Waals surface area contributed by atoms with E-state index in [2.05, 4.69) is 179 Å². The van der Waals surface area contributed by atoms with Crippen LogP contribution in [0.1, 0.15) is 17.0 Å². The molecule has 0 fully saturated rings. The van der Waals surface area contributed by atoms with Crippen LogP contribution in [0, 0.1) is 25.2 Å². The molecule has 10 aromatic rings. The van der Waals surface area contributed by atoms with E-state index in [0.29, 0.717) is 5.56 Å². The molecule has 10 rings (SSSR count). The van der Waals surface area contributed by atoms with Crippen molar-refractivity contribution in [3.8, 4) is 50.8 Å². The zero-order chi connectivity index (χ0) is 36.3. The minimum Gasteiger partial charge on any atom is -0.309 e. The van der Waals surface area contributed by atoms with Gasteiger partial charge in [-0.3, -0.25) is 4.98 Å². The number of nitriles is 1. The molecule has 4 nitrogen and oxygen atoms in total. The van der Waals surface area contributed by atoms with Crippen molar-refractivity contribution < 1.29 is 0 Å². The number of benzene rings is 7. The van der Waals surface area contributed by atoms with Crippen molar-refractivity contribution >= 4 is 43.6 Å². The minimum absolute atomic E-state index is 0.592. The van der Waals surface area contributed by atoms with Gasteiger partial charge in [-0.15, -0.1) is 0 Å². The van der Waals surface area contributed by atoms with Gasteiger partial charge >= 0.3 is 0 Å². The molecular weight excluding hydrogens is 657 g/mol. The summed E-state index contributed by atoms with van der Waals surface area (Å²) in [4.78, 5) is 4.76. The van der Waals surface area contributed by atoms with Crippen molar-refractivity contribution in [3.05, 3.63) is 187 Å². The fourth-order valence-electron chi connectivity index (χ4n) is 8.34. The number of para-hydroxylation sites is 2. The first kappa shape index (κ1) is 31.5. The van der Waals surface area contributed by atoms with Crippen molar-refractivity contribution in [2.45, 2.75) is 13.8 Å². The third-order valence-electron chi connectivity index (χ3n) is 10.7. The lowest BCUT2D eigenvalue weighted by molar-refractivity contribution is 1.11. The van der Waals surface area contributed by atoms with E-state index in [0.717, 1.165) is 94.4 Å². The third-order valence-corrected chi connectivity index (χ3v) is 10.7. The maximum absolute atomic E-state index is 11.1. The summed E-state index contributed by atoms with van der Waals surface area (Å²) in [5.41, 5.74) is 15.2. The molecule has 0 amide bonds. The molecule has 0 bridgehead atoms. The number of rotatable bonds is 5. The van der Waals surface area contributed by atoms with E-state index in [1.165, 1.54) is 5.39 Å². The smallest absolute Gasteiger partial charge is 0.101 e. The summed E-state index contributed by atoms with van der Waals surface area (Å²) < 4.78 is 4.63. The van der Waals surface area contributed by atoms with Crippen molar-refractivity contribution in [1.82, 2.24) is 14.1 Å². The van der Waals surface area contributed by atoms with Crippen molar-refractivity contribution in [1.29, 1.82) is 5.26 Å². The highest BCUT2D eigenvalue weighted by Gasteiger charge is 2.22. The van der Waals surface area contributed by atoms with Gasteiger partial charge in [-0.2, -0.15) is 5.26 Å². The molecule has 0 aliphatic heterocycles. The van der Waals surface area contributed by atoms with Crippen molar-refractivity contribution in [3.63, 3.8) is 0 Å². The Hall–Kier alpha value is -7.22. The van der Waals surface area contributed by atoms with Crippen LogP contribution in [0.5, 0.6) is 0 Å². The molecule has 0 atom stereocenters. The van der Waals surface area contributed by atoms with E-state index in [-0.39, 0.29) is 0 Å². The molecule has 3 aromatic heterocycles. The summed E-state index contributed by atoms with van der Waals surface area (Å²) in [7, 11) is 0. The molecule has 0 spiro atoms. The highest BCUT2D eigenvalue weighted by Crippen LogP contribution is 2.42. The molecular formula is C50H34N4. The van der Waals surface area contributed by atoms with Crippen LogP contribution < -0.4 is 0 Å². The van der Waals surface area contributed by atoms with Gasteiger partial charge in [-0.1, -0.05) is 121 Å². The number of nitrogens with zero attached hydrogens (tertiary/aromatic N) is 4. The molecule has 0 N–H and O–H groups in total. The highest BCUT2D eigenvalue weighted by molar-refractivity contribution is 6.12. The van der Waals surface area contributed by atoms with Crippen molar-refractivity contribution in [2.75, 3.05) is 0 Å².